The van der Waals surface area contributed by atoms with E-state index in [1.54, 1.807) is 10.2 Å². The quantitative estimate of drug-likeness (QED) is 0.394. The van der Waals surface area contributed by atoms with Crippen LogP contribution in [0.4, 0.5) is 0 Å². The third kappa shape index (κ3) is 3.98. The Morgan fingerprint density at radius 2 is 1.55 bits per heavy atom. The number of hydrogen-bond donors (Lipinski definition) is 1. The number of para-hydroxylation sites is 2. The molecule has 6 heteroatoms. The molecule has 0 atom stereocenters. The molecule has 0 fully saturated rings. The summed E-state index contributed by atoms with van der Waals surface area (Å²) in [6.45, 7) is 0. The fraction of sp³-hybridized carbons (Fsp3) is 0.0800. The number of imidazole rings is 1. The number of thiazole rings is 1. The smallest absolute Gasteiger partial charge is 0.239 e. The number of nitrogens with one attached hydrogen (secondary N) is 1. The first kappa shape index (κ1) is 19.2. The number of hydrogen-bond acceptors (Lipinski definition) is 4. The van der Waals surface area contributed by atoms with E-state index in [-0.39, 0.29) is 11.8 Å². The summed E-state index contributed by atoms with van der Waals surface area (Å²) >= 11 is 1.50. The zero-order chi connectivity index (χ0) is 21.0. The molecule has 0 saturated carbocycles. The SMILES string of the molecule is O=C(CC(c1ccccc1)c1ccccc1)Nn1c(-c2cscn2)nc2ccccc21. The predicted molar refractivity (Wildman–Crippen MR) is 125 cm³/mol. The van der Waals surface area contributed by atoms with Gasteiger partial charge in [-0.15, -0.1) is 11.3 Å². The van der Waals surface area contributed by atoms with Gasteiger partial charge in [-0.2, -0.15) is 0 Å². The van der Waals surface area contributed by atoms with Crippen LogP contribution in [0.3, 0.4) is 0 Å². The standard InChI is InChI=1S/C25H20N4OS/c30-24(15-20(18-9-3-1-4-10-18)19-11-5-2-6-12-19)28-29-23-14-8-7-13-21(23)27-25(29)22-16-31-17-26-22/h1-14,16-17,20H,15H2,(H,28,30). The number of fused-ring (bicyclic) bond motifs is 1. The first-order chi connectivity index (χ1) is 15.3. The van der Waals surface area contributed by atoms with Gasteiger partial charge in [0, 0.05) is 17.7 Å². The van der Waals surface area contributed by atoms with Gasteiger partial charge in [-0.3, -0.25) is 10.2 Å². The van der Waals surface area contributed by atoms with Crippen LogP contribution in [-0.4, -0.2) is 20.6 Å². The Morgan fingerprint density at radius 3 is 2.19 bits per heavy atom. The Hall–Kier alpha value is -3.77. The van der Waals surface area contributed by atoms with Gasteiger partial charge in [0.05, 0.1) is 16.5 Å². The molecule has 0 saturated heterocycles. The minimum Gasteiger partial charge on any atom is -0.273 e. The third-order valence-electron chi connectivity index (χ3n) is 5.25. The molecule has 0 aliphatic rings. The summed E-state index contributed by atoms with van der Waals surface area (Å²) in [6, 6.07) is 28.0. The first-order valence-corrected chi connectivity index (χ1v) is 11.0. The summed E-state index contributed by atoms with van der Waals surface area (Å²) < 4.78 is 1.75. The van der Waals surface area contributed by atoms with Crippen LogP contribution in [-0.2, 0) is 4.79 Å². The fourth-order valence-corrected chi connectivity index (χ4v) is 4.32. The van der Waals surface area contributed by atoms with Crippen LogP contribution in [0.5, 0.6) is 0 Å². The summed E-state index contributed by atoms with van der Waals surface area (Å²) in [5.41, 5.74) is 9.45. The van der Waals surface area contributed by atoms with E-state index in [2.05, 4.69) is 34.7 Å². The van der Waals surface area contributed by atoms with E-state index in [0.717, 1.165) is 27.9 Å². The van der Waals surface area contributed by atoms with Crippen molar-refractivity contribution < 1.29 is 4.79 Å². The maximum Gasteiger partial charge on any atom is 0.239 e. The van der Waals surface area contributed by atoms with Crippen LogP contribution < -0.4 is 5.43 Å². The molecule has 5 nitrogen and oxygen atoms in total. The lowest BCUT2D eigenvalue weighted by molar-refractivity contribution is -0.117. The number of aromatic nitrogens is 3. The highest BCUT2D eigenvalue weighted by Gasteiger charge is 2.21. The summed E-state index contributed by atoms with van der Waals surface area (Å²) in [5.74, 6) is 0.504. The fourth-order valence-electron chi connectivity index (χ4n) is 3.79. The molecule has 3 aromatic carbocycles. The van der Waals surface area contributed by atoms with E-state index in [0.29, 0.717) is 12.2 Å². The highest BCUT2D eigenvalue weighted by Crippen LogP contribution is 2.29. The molecule has 0 spiro atoms. The van der Waals surface area contributed by atoms with E-state index >= 15 is 0 Å². The van der Waals surface area contributed by atoms with E-state index in [4.69, 9.17) is 4.98 Å². The highest BCUT2D eigenvalue weighted by molar-refractivity contribution is 7.07. The minimum atomic E-state index is -0.0858. The van der Waals surface area contributed by atoms with Crippen LogP contribution in [0, 0.1) is 0 Å². The van der Waals surface area contributed by atoms with Gasteiger partial charge in [-0.25, -0.2) is 14.6 Å². The number of benzene rings is 3. The van der Waals surface area contributed by atoms with Crippen molar-refractivity contribution in [3.05, 3.63) is 107 Å². The predicted octanol–water partition coefficient (Wildman–Crippen LogP) is 5.45. The van der Waals surface area contributed by atoms with Crippen molar-refractivity contribution in [2.75, 3.05) is 5.43 Å². The van der Waals surface area contributed by atoms with Gasteiger partial charge in [0.2, 0.25) is 5.91 Å². The van der Waals surface area contributed by atoms with Crippen molar-refractivity contribution in [1.82, 2.24) is 14.6 Å². The van der Waals surface area contributed by atoms with Gasteiger partial charge < -0.3 is 0 Å². The molecule has 1 N–H and O–H groups in total. The monoisotopic (exact) mass is 424 g/mol. The van der Waals surface area contributed by atoms with Crippen molar-refractivity contribution in [1.29, 1.82) is 0 Å². The Morgan fingerprint density at radius 1 is 0.903 bits per heavy atom. The maximum absolute atomic E-state index is 13.3. The van der Waals surface area contributed by atoms with Crippen molar-refractivity contribution in [2.45, 2.75) is 12.3 Å². The van der Waals surface area contributed by atoms with Gasteiger partial charge in [0.1, 0.15) is 5.69 Å². The molecule has 2 heterocycles. The Bertz CT molecular complexity index is 1260. The molecule has 0 aliphatic heterocycles. The maximum atomic E-state index is 13.3. The molecule has 5 aromatic rings. The summed E-state index contributed by atoms with van der Waals surface area (Å²) in [5, 5.41) is 1.93. The van der Waals surface area contributed by atoms with E-state index in [9.17, 15) is 4.79 Å². The molecule has 0 bridgehead atoms. The Labute approximate surface area is 184 Å². The van der Waals surface area contributed by atoms with E-state index < -0.39 is 0 Å². The topological polar surface area (TPSA) is 59.8 Å². The van der Waals surface area contributed by atoms with Gasteiger partial charge in [0.25, 0.3) is 0 Å². The van der Waals surface area contributed by atoms with Crippen LogP contribution in [0.2, 0.25) is 0 Å². The highest BCUT2D eigenvalue weighted by atomic mass is 32.1. The second kappa shape index (κ2) is 8.53. The molecule has 5 rings (SSSR count). The summed E-state index contributed by atoms with van der Waals surface area (Å²) in [7, 11) is 0. The van der Waals surface area contributed by atoms with Gasteiger partial charge in [0.15, 0.2) is 5.82 Å². The molecule has 0 aliphatic carbocycles. The molecule has 0 radical (unpaired) electrons. The molecular formula is C25H20N4OS. The summed E-state index contributed by atoms with van der Waals surface area (Å²) in [6.07, 6.45) is 0.317. The second-order valence-corrected chi connectivity index (χ2v) is 7.96. The largest absolute Gasteiger partial charge is 0.273 e. The average molecular weight is 425 g/mol. The van der Waals surface area contributed by atoms with Gasteiger partial charge in [-0.1, -0.05) is 72.8 Å². The number of amides is 1. The van der Waals surface area contributed by atoms with Gasteiger partial charge >= 0.3 is 0 Å². The number of nitrogens with zero attached hydrogens (tertiary/aromatic N) is 3. The lowest BCUT2D eigenvalue weighted by Gasteiger charge is -2.18. The summed E-state index contributed by atoms with van der Waals surface area (Å²) in [4.78, 5) is 22.3. The lowest BCUT2D eigenvalue weighted by Crippen LogP contribution is -2.25. The molecule has 1 amide bonds. The average Bonchev–Trinajstić information content (AvgIpc) is 3.47. The minimum absolute atomic E-state index is 0.0418. The van der Waals surface area contributed by atoms with Crippen molar-refractivity contribution in [3.63, 3.8) is 0 Å². The number of carbonyl (C=O) groups excluding carboxylic acids is 1. The third-order valence-corrected chi connectivity index (χ3v) is 5.84. The molecule has 0 unspecified atom stereocenters. The zero-order valence-electron chi connectivity index (χ0n) is 16.7. The molecule has 152 valence electrons. The second-order valence-electron chi connectivity index (χ2n) is 7.25. The zero-order valence-corrected chi connectivity index (χ0v) is 17.5. The van der Waals surface area contributed by atoms with Crippen LogP contribution >= 0.6 is 11.3 Å². The van der Waals surface area contributed by atoms with Crippen molar-refractivity contribution in [2.24, 2.45) is 0 Å². The first-order valence-electron chi connectivity index (χ1n) is 10.1. The van der Waals surface area contributed by atoms with Crippen LogP contribution in [0.1, 0.15) is 23.5 Å². The number of rotatable bonds is 6. The Balaban J connectivity index is 1.48. The van der Waals surface area contributed by atoms with Crippen LogP contribution in [0.15, 0.2) is 95.8 Å². The van der Waals surface area contributed by atoms with Crippen molar-refractivity contribution in [3.8, 4) is 11.5 Å². The van der Waals surface area contributed by atoms with Crippen LogP contribution in [0.25, 0.3) is 22.6 Å². The van der Waals surface area contributed by atoms with Crippen molar-refractivity contribution >= 4 is 28.3 Å². The molecule has 31 heavy (non-hydrogen) atoms. The number of carbonyl (C=O) groups is 1. The molecule has 2 aromatic heterocycles. The van der Waals surface area contributed by atoms with E-state index in [1.165, 1.54) is 11.3 Å². The molecular weight excluding hydrogens is 404 g/mol. The normalized spacial score (nSPS) is 11.1. The van der Waals surface area contributed by atoms with Gasteiger partial charge in [-0.05, 0) is 23.3 Å². The Kier molecular flexibility index (Phi) is 5.29. The van der Waals surface area contributed by atoms with E-state index in [1.807, 2.05) is 66.0 Å². The lowest BCUT2D eigenvalue weighted by atomic mass is 9.88.